The van der Waals surface area contributed by atoms with Gasteiger partial charge in [-0.25, -0.2) is 0 Å². The second kappa shape index (κ2) is 10.5. The van der Waals surface area contributed by atoms with Crippen LogP contribution in [0.15, 0.2) is 60.7 Å². The highest BCUT2D eigenvalue weighted by molar-refractivity contribution is 5.94. The van der Waals surface area contributed by atoms with Crippen molar-refractivity contribution in [1.82, 2.24) is 15.1 Å². The number of hydrogen-bond acceptors (Lipinski definition) is 3. The molecule has 1 heterocycles. The fraction of sp³-hybridized carbons (Fsp3) is 0.273. The van der Waals surface area contributed by atoms with E-state index in [-0.39, 0.29) is 18.3 Å². The Labute approximate surface area is 172 Å². The Balaban J connectivity index is 0.00000280. The third-order valence-electron chi connectivity index (χ3n) is 4.64. The molecular formula is C22H27ClN4O. The van der Waals surface area contributed by atoms with Gasteiger partial charge in [-0.3, -0.25) is 9.89 Å². The van der Waals surface area contributed by atoms with Gasteiger partial charge in [0.2, 0.25) is 0 Å². The fourth-order valence-corrected chi connectivity index (χ4v) is 3.04. The molecule has 3 N–H and O–H groups in total. The number of carbonyl (C=O) groups is 1. The van der Waals surface area contributed by atoms with E-state index in [1.807, 2.05) is 25.2 Å². The number of benzene rings is 2. The maximum absolute atomic E-state index is 12.4. The summed E-state index contributed by atoms with van der Waals surface area (Å²) >= 11 is 0. The Hall–Kier alpha value is -2.79. The molecule has 3 aromatic rings. The number of aryl methyl sites for hydroxylation is 1. The third-order valence-corrected chi connectivity index (χ3v) is 4.64. The highest BCUT2D eigenvalue weighted by atomic mass is 35.5. The topological polar surface area (TPSA) is 75.0 Å². The monoisotopic (exact) mass is 398 g/mol. The molecule has 0 fully saturated rings. The third kappa shape index (κ3) is 5.86. The number of halogens is 1. The van der Waals surface area contributed by atoms with Crippen molar-refractivity contribution in [2.75, 3.05) is 19.3 Å². The summed E-state index contributed by atoms with van der Waals surface area (Å²) in [5, 5.41) is 7.51. The van der Waals surface area contributed by atoms with E-state index < -0.39 is 0 Å². The van der Waals surface area contributed by atoms with Gasteiger partial charge in [0.25, 0.3) is 5.91 Å². The summed E-state index contributed by atoms with van der Waals surface area (Å²) < 4.78 is 0. The molecule has 0 unspecified atom stereocenters. The maximum Gasteiger partial charge on any atom is 0.253 e. The summed E-state index contributed by atoms with van der Waals surface area (Å²) in [6.07, 6.45) is 4.09. The van der Waals surface area contributed by atoms with Gasteiger partial charge >= 0.3 is 0 Å². The van der Waals surface area contributed by atoms with Crippen molar-refractivity contribution in [3.63, 3.8) is 0 Å². The highest BCUT2D eigenvalue weighted by Crippen LogP contribution is 2.18. The smallest absolute Gasteiger partial charge is 0.253 e. The molecule has 1 aromatic heterocycles. The van der Waals surface area contributed by atoms with Gasteiger partial charge in [-0.15, -0.1) is 12.4 Å². The van der Waals surface area contributed by atoms with Crippen LogP contribution in [0.1, 0.15) is 35.3 Å². The van der Waals surface area contributed by atoms with Crippen LogP contribution < -0.4 is 5.73 Å². The van der Waals surface area contributed by atoms with Crippen LogP contribution in [0.2, 0.25) is 0 Å². The minimum Gasteiger partial charge on any atom is -0.399 e. The van der Waals surface area contributed by atoms with Gasteiger partial charge in [0.05, 0.1) is 5.69 Å². The van der Waals surface area contributed by atoms with Crippen LogP contribution in [0, 0.1) is 0 Å². The predicted molar refractivity (Wildman–Crippen MR) is 117 cm³/mol. The molecule has 0 aliphatic heterocycles. The largest absolute Gasteiger partial charge is 0.399 e. The van der Waals surface area contributed by atoms with E-state index in [0.717, 1.165) is 49.2 Å². The molecule has 0 radical (unpaired) electrons. The van der Waals surface area contributed by atoms with Crippen molar-refractivity contribution in [3.05, 3.63) is 71.9 Å². The van der Waals surface area contributed by atoms with Crippen LogP contribution in [-0.4, -0.2) is 34.6 Å². The second-order valence-corrected chi connectivity index (χ2v) is 6.80. The average Bonchev–Trinajstić information content (AvgIpc) is 3.17. The summed E-state index contributed by atoms with van der Waals surface area (Å²) in [5.41, 5.74) is 10.3. The quantitative estimate of drug-likeness (QED) is 0.431. The molecule has 0 aliphatic carbocycles. The first-order valence-corrected chi connectivity index (χ1v) is 9.34. The number of nitrogen functional groups attached to an aromatic ring is 1. The van der Waals surface area contributed by atoms with Gasteiger partial charge in [0.15, 0.2) is 0 Å². The number of nitrogens with two attached hydrogens (primary N) is 1. The molecular weight excluding hydrogens is 372 g/mol. The van der Waals surface area contributed by atoms with Crippen LogP contribution in [0.5, 0.6) is 0 Å². The summed E-state index contributed by atoms with van der Waals surface area (Å²) in [6.45, 7) is 0.751. The van der Waals surface area contributed by atoms with Gasteiger partial charge in [-0.1, -0.05) is 36.8 Å². The molecule has 6 heteroatoms. The number of aromatic nitrogens is 2. The lowest BCUT2D eigenvalue weighted by molar-refractivity contribution is 0.0792. The standard InChI is InChI=1S/C22H26N4O.ClH/c1-26(22(27)18-11-13-19(23)14-12-18)15-7-3-6-10-20-16-21(25-24-20)17-8-4-2-5-9-17;/h2,4-5,8-9,11-14,16H,3,6-7,10,15,23H2,1H3,(H,24,25);1H. The Morgan fingerprint density at radius 3 is 2.46 bits per heavy atom. The second-order valence-electron chi connectivity index (χ2n) is 6.80. The van der Waals surface area contributed by atoms with Crippen molar-refractivity contribution < 1.29 is 4.79 Å². The molecule has 5 nitrogen and oxygen atoms in total. The van der Waals surface area contributed by atoms with E-state index in [9.17, 15) is 4.79 Å². The van der Waals surface area contributed by atoms with Crippen LogP contribution >= 0.6 is 12.4 Å². The Morgan fingerprint density at radius 2 is 1.75 bits per heavy atom. The number of unbranched alkanes of at least 4 members (excludes halogenated alkanes) is 2. The lowest BCUT2D eigenvalue weighted by Gasteiger charge is -2.17. The number of hydrogen-bond donors (Lipinski definition) is 2. The molecule has 2 aromatic carbocycles. The van der Waals surface area contributed by atoms with Gasteiger partial charge in [-0.2, -0.15) is 5.10 Å². The number of amides is 1. The number of rotatable bonds is 8. The highest BCUT2D eigenvalue weighted by Gasteiger charge is 2.11. The zero-order chi connectivity index (χ0) is 19.1. The molecule has 28 heavy (non-hydrogen) atoms. The molecule has 148 valence electrons. The number of nitrogens with one attached hydrogen (secondary N) is 1. The summed E-state index contributed by atoms with van der Waals surface area (Å²) in [5.74, 6) is 0.0380. The first-order valence-electron chi connectivity index (χ1n) is 9.34. The SMILES string of the molecule is CN(CCCCCc1cc(-c2ccccc2)n[nH]1)C(=O)c1ccc(N)cc1.Cl. The van der Waals surface area contributed by atoms with Gasteiger partial charge < -0.3 is 10.6 Å². The lowest BCUT2D eigenvalue weighted by Crippen LogP contribution is -2.27. The number of nitrogens with zero attached hydrogens (tertiary/aromatic N) is 2. The minimum atomic E-state index is 0. The predicted octanol–water partition coefficient (Wildman–Crippen LogP) is 4.57. The number of anilines is 1. The molecule has 3 rings (SSSR count). The van der Waals surface area contributed by atoms with Gasteiger partial charge in [0.1, 0.15) is 0 Å². The van der Waals surface area contributed by atoms with Crippen molar-refractivity contribution in [1.29, 1.82) is 0 Å². The Morgan fingerprint density at radius 1 is 1.04 bits per heavy atom. The van der Waals surface area contributed by atoms with Crippen molar-refractivity contribution in [2.24, 2.45) is 0 Å². The fourth-order valence-electron chi connectivity index (χ4n) is 3.04. The van der Waals surface area contributed by atoms with E-state index >= 15 is 0 Å². The zero-order valence-electron chi connectivity index (χ0n) is 16.1. The average molecular weight is 399 g/mol. The van der Waals surface area contributed by atoms with Crippen LogP contribution in [0.4, 0.5) is 5.69 Å². The van der Waals surface area contributed by atoms with E-state index in [4.69, 9.17) is 5.73 Å². The van der Waals surface area contributed by atoms with Crippen LogP contribution in [0.3, 0.4) is 0 Å². The van der Waals surface area contributed by atoms with Crippen molar-refractivity contribution >= 4 is 24.0 Å². The maximum atomic E-state index is 12.4. The molecule has 0 atom stereocenters. The molecule has 0 aliphatic rings. The van der Waals surface area contributed by atoms with E-state index in [2.05, 4.69) is 28.4 Å². The van der Waals surface area contributed by atoms with Gasteiger partial charge in [-0.05, 0) is 49.6 Å². The van der Waals surface area contributed by atoms with Crippen molar-refractivity contribution in [2.45, 2.75) is 25.7 Å². The molecule has 0 saturated carbocycles. The summed E-state index contributed by atoms with van der Waals surface area (Å²) in [6, 6.07) is 19.4. The van der Waals surface area contributed by atoms with Crippen LogP contribution in [-0.2, 0) is 6.42 Å². The number of aromatic amines is 1. The van der Waals surface area contributed by atoms with Gasteiger partial charge in [0, 0.05) is 36.1 Å². The first kappa shape index (κ1) is 21.5. The molecule has 0 saturated heterocycles. The normalized spacial score (nSPS) is 10.3. The minimum absolute atomic E-state index is 0. The van der Waals surface area contributed by atoms with Crippen molar-refractivity contribution in [3.8, 4) is 11.3 Å². The lowest BCUT2D eigenvalue weighted by atomic mass is 10.1. The summed E-state index contributed by atoms with van der Waals surface area (Å²) in [7, 11) is 1.85. The molecule has 1 amide bonds. The zero-order valence-corrected chi connectivity index (χ0v) is 16.9. The van der Waals surface area contributed by atoms with Crippen LogP contribution in [0.25, 0.3) is 11.3 Å². The molecule has 0 bridgehead atoms. The Bertz CT molecular complexity index is 862. The first-order chi connectivity index (χ1) is 13.1. The van der Waals surface area contributed by atoms with E-state index in [1.165, 1.54) is 0 Å². The summed E-state index contributed by atoms with van der Waals surface area (Å²) in [4.78, 5) is 14.1. The molecule has 0 spiro atoms. The Kier molecular flexibility index (Phi) is 8.08. The van der Waals surface area contributed by atoms with E-state index in [1.54, 1.807) is 29.2 Å². The van der Waals surface area contributed by atoms with E-state index in [0.29, 0.717) is 11.3 Å². The number of carbonyl (C=O) groups excluding carboxylic acids is 1. The number of H-pyrrole nitrogens is 1.